The summed E-state index contributed by atoms with van der Waals surface area (Å²) in [5.41, 5.74) is 1.37. The van der Waals surface area contributed by atoms with Crippen molar-refractivity contribution in [1.82, 2.24) is 4.90 Å². The highest BCUT2D eigenvalue weighted by Crippen LogP contribution is 2.33. The predicted octanol–water partition coefficient (Wildman–Crippen LogP) is 2.48. The van der Waals surface area contributed by atoms with Gasteiger partial charge in [-0.1, -0.05) is 17.7 Å². The van der Waals surface area contributed by atoms with Crippen LogP contribution in [0.4, 0.5) is 0 Å². The smallest absolute Gasteiger partial charge is 0.332 e. The van der Waals surface area contributed by atoms with Gasteiger partial charge in [0.15, 0.2) is 6.04 Å². The van der Waals surface area contributed by atoms with E-state index >= 15 is 0 Å². The molecule has 2 aromatic rings. The van der Waals surface area contributed by atoms with E-state index in [0.29, 0.717) is 4.88 Å². The molecule has 1 atom stereocenters. The minimum atomic E-state index is -1.28. The molecule has 21 heavy (non-hydrogen) atoms. The quantitative estimate of drug-likeness (QED) is 0.884. The van der Waals surface area contributed by atoms with Crippen LogP contribution in [-0.2, 0) is 4.79 Å². The van der Waals surface area contributed by atoms with Gasteiger partial charge in [0.2, 0.25) is 0 Å². The zero-order valence-electron chi connectivity index (χ0n) is 11.1. The Bertz CT molecular complexity index is 751. The first-order valence-corrected chi connectivity index (χ1v) is 7.13. The number of amides is 2. The molecule has 1 unspecified atom stereocenters. The van der Waals surface area contributed by atoms with E-state index in [-0.39, 0.29) is 11.1 Å². The van der Waals surface area contributed by atoms with Gasteiger partial charge in [-0.2, -0.15) is 0 Å². The molecule has 106 valence electrons. The second-order valence-corrected chi connectivity index (χ2v) is 5.76. The van der Waals surface area contributed by atoms with Crippen molar-refractivity contribution < 1.29 is 19.5 Å². The molecule has 0 radical (unpaired) electrons. The molecule has 0 saturated heterocycles. The number of fused-ring (bicyclic) bond motifs is 1. The molecule has 1 aliphatic rings. The Balaban J connectivity index is 2.10. The summed E-state index contributed by atoms with van der Waals surface area (Å²) in [6, 6.07) is 6.93. The van der Waals surface area contributed by atoms with Crippen molar-refractivity contribution in [1.29, 1.82) is 0 Å². The predicted molar refractivity (Wildman–Crippen MR) is 76.4 cm³/mol. The molecule has 5 nitrogen and oxygen atoms in total. The summed E-state index contributed by atoms with van der Waals surface area (Å²) < 4.78 is 0. The molecule has 1 aromatic carbocycles. The van der Waals surface area contributed by atoms with Crippen LogP contribution in [-0.4, -0.2) is 27.8 Å². The molecule has 3 rings (SSSR count). The van der Waals surface area contributed by atoms with Gasteiger partial charge >= 0.3 is 5.97 Å². The Morgan fingerprint density at radius 2 is 1.90 bits per heavy atom. The maximum atomic E-state index is 12.4. The highest BCUT2D eigenvalue weighted by molar-refractivity contribution is 7.10. The van der Waals surface area contributed by atoms with Gasteiger partial charge in [0.1, 0.15) is 0 Å². The monoisotopic (exact) mass is 301 g/mol. The number of thiophene rings is 1. The molecule has 2 heterocycles. The largest absolute Gasteiger partial charge is 0.479 e. The summed E-state index contributed by atoms with van der Waals surface area (Å²) in [6.07, 6.45) is 0. The lowest BCUT2D eigenvalue weighted by molar-refractivity contribution is -0.141. The van der Waals surface area contributed by atoms with Crippen LogP contribution in [0.15, 0.2) is 35.7 Å². The molecule has 0 saturated carbocycles. The number of hydrogen-bond acceptors (Lipinski definition) is 4. The normalized spacial score (nSPS) is 15.2. The van der Waals surface area contributed by atoms with Crippen molar-refractivity contribution in [3.63, 3.8) is 0 Å². The third kappa shape index (κ3) is 2.04. The first-order chi connectivity index (χ1) is 10.0. The number of benzene rings is 1. The maximum Gasteiger partial charge on any atom is 0.332 e. The van der Waals surface area contributed by atoms with Crippen molar-refractivity contribution >= 4 is 29.1 Å². The molecule has 6 heteroatoms. The molecular formula is C15H11NO4S. The number of carbonyl (C=O) groups is 3. The molecule has 0 spiro atoms. The zero-order valence-corrected chi connectivity index (χ0v) is 11.9. The van der Waals surface area contributed by atoms with Crippen LogP contribution in [0, 0.1) is 6.92 Å². The van der Waals surface area contributed by atoms with Gasteiger partial charge in [-0.15, -0.1) is 11.3 Å². The van der Waals surface area contributed by atoms with E-state index in [1.54, 1.807) is 35.7 Å². The topological polar surface area (TPSA) is 74.7 Å². The second-order valence-electron chi connectivity index (χ2n) is 4.79. The van der Waals surface area contributed by atoms with E-state index in [1.807, 2.05) is 6.92 Å². The number of nitrogens with zero attached hydrogens (tertiary/aromatic N) is 1. The van der Waals surface area contributed by atoms with E-state index in [0.717, 1.165) is 10.5 Å². The highest BCUT2D eigenvalue weighted by atomic mass is 32.1. The lowest BCUT2D eigenvalue weighted by Gasteiger charge is -2.21. The average Bonchev–Trinajstić information content (AvgIpc) is 3.02. The van der Waals surface area contributed by atoms with E-state index in [9.17, 15) is 19.5 Å². The van der Waals surface area contributed by atoms with Gasteiger partial charge in [-0.25, -0.2) is 4.79 Å². The fraction of sp³-hybridized carbons (Fsp3) is 0.133. The number of rotatable bonds is 3. The molecular weight excluding hydrogens is 290 g/mol. The molecule has 1 aliphatic heterocycles. The van der Waals surface area contributed by atoms with E-state index in [2.05, 4.69) is 0 Å². The van der Waals surface area contributed by atoms with E-state index in [4.69, 9.17) is 0 Å². The van der Waals surface area contributed by atoms with Gasteiger partial charge in [-0.3, -0.25) is 14.5 Å². The number of carbonyl (C=O) groups excluding carboxylic acids is 2. The number of carboxylic acid groups (broad SMARTS) is 1. The first-order valence-electron chi connectivity index (χ1n) is 6.25. The summed E-state index contributed by atoms with van der Waals surface area (Å²) >= 11 is 1.21. The molecule has 1 N–H and O–H groups in total. The third-order valence-corrected chi connectivity index (χ3v) is 4.30. The first kappa shape index (κ1) is 13.5. The van der Waals surface area contributed by atoms with Crippen molar-refractivity contribution in [2.45, 2.75) is 13.0 Å². The molecule has 0 fully saturated rings. The van der Waals surface area contributed by atoms with Crippen LogP contribution in [0.2, 0.25) is 0 Å². The summed E-state index contributed by atoms with van der Waals surface area (Å²) in [6.45, 7) is 1.81. The lowest BCUT2D eigenvalue weighted by Crippen LogP contribution is -2.38. The second kappa shape index (κ2) is 4.82. The van der Waals surface area contributed by atoms with Gasteiger partial charge in [0.25, 0.3) is 11.8 Å². The Labute approximate surface area is 124 Å². The Kier molecular flexibility index (Phi) is 3.10. The SMILES string of the molecule is Cc1ccc2c(c1)C(=O)N(C(C(=O)O)c1cccs1)C2=O. The van der Waals surface area contributed by atoms with Crippen molar-refractivity contribution in [3.05, 3.63) is 57.3 Å². The van der Waals surface area contributed by atoms with Gasteiger partial charge in [-0.05, 0) is 30.5 Å². The minimum absolute atomic E-state index is 0.258. The number of carboxylic acids is 1. The van der Waals surface area contributed by atoms with Crippen LogP contribution >= 0.6 is 11.3 Å². The van der Waals surface area contributed by atoms with Gasteiger partial charge in [0, 0.05) is 4.88 Å². The molecule has 0 bridgehead atoms. The van der Waals surface area contributed by atoms with Crippen LogP contribution in [0.1, 0.15) is 37.2 Å². The summed E-state index contributed by atoms with van der Waals surface area (Å²) in [4.78, 5) is 37.7. The number of aryl methyl sites for hydroxylation is 1. The Morgan fingerprint density at radius 1 is 1.19 bits per heavy atom. The summed E-state index contributed by atoms with van der Waals surface area (Å²) in [5, 5.41) is 11.2. The summed E-state index contributed by atoms with van der Waals surface area (Å²) in [5.74, 6) is -2.33. The Morgan fingerprint density at radius 3 is 2.52 bits per heavy atom. The molecule has 2 amide bonds. The number of imide groups is 1. The van der Waals surface area contributed by atoms with E-state index in [1.165, 1.54) is 11.3 Å². The van der Waals surface area contributed by atoms with Crippen LogP contribution < -0.4 is 0 Å². The van der Waals surface area contributed by atoms with Gasteiger partial charge in [0.05, 0.1) is 11.1 Å². The highest BCUT2D eigenvalue weighted by Gasteiger charge is 2.44. The van der Waals surface area contributed by atoms with Crippen LogP contribution in [0.5, 0.6) is 0 Å². The van der Waals surface area contributed by atoms with E-state index < -0.39 is 23.8 Å². The van der Waals surface area contributed by atoms with Gasteiger partial charge < -0.3 is 5.11 Å². The zero-order chi connectivity index (χ0) is 15.1. The maximum absolute atomic E-state index is 12.4. The Hall–Kier alpha value is -2.47. The lowest BCUT2D eigenvalue weighted by atomic mass is 10.1. The molecule has 0 aliphatic carbocycles. The van der Waals surface area contributed by atoms with Crippen molar-refractivity contribution in [3.8, 4) is 0 Å². The fourth-order valence-electron chi connectivity index (χ4n) is 2.41. The fourth-order valence-corrected chi connectivity index (χ4v) is 3.22. The van der Waals surface area contributed by atoms with Crippen molar-refractivity contribution in [2.75, 3.05) is 0 Å². The van der Waals surface area contributed by atoms with Crippen LogP contribution in [0.3, 0.4) is 0 Å². The average molecular weight is 301 g/mol. The molecule has 1 aromatic heterocycles. The minimum Gasteiger partial charge on any atom is -0.479 e. The standard InChI is InChI=1S/C15H11NO4S/c1-8-4-5-9-10(7-8)14(18)16(13(9)17)12(15(19)20)11-3-2-6-21-11/h2-7,12H,1H3,(H,19,20). The number of aliphatic carboxylic acids is 1. The van der Waals surface area contributed by atoms with Crippen LogP contribution in [0.25, 0.3) is 0 Å². The number of hydrogen-bond donors (Lipinski definition) is 1. The van der Waals surface area contributed by atoms with Crippen molar-refractivity contribution in [2.24, 2.45) is 0 Å². The summed E-state index contributed by atoms with van der Waals surface area (Å²) in [7, 11) is 0. The third-order valence-electron chi connectivity index (χ3n) is 3.38.